The molecule has 76 valence electrons. The van der Waals surface area contributed by atoms with Crippen LogP contribution < -0.4 is 3.07 Å². The van der Waals surface area contributed by atoms with Crippen LogP contribution in [0.3, 0.4) is 0 Å². The topological polar surface area (TPSA) is 26.3 Å². The minimum Gasteiger partial charge on any atom is -0.427 e. The van der Waals surface area contributed by atoms with Gasteiger partial charge in [0.05, 0.1) is 5.56 Å². The molecule has 0 saturated heterocycles. The molecular formula is C11H13IO2. The molecule has 3 heteroatoms. The van der Waals surface area contributed by atoms with E-state index in [2.05, 4.69) is 20.8 Å². The van der Waals surface area contributed by atoms with Crippen LogP contribution in [0.2, 0.25) is 0 Å². The van der Waals surface area contributed by atoms with Crippen LogP contribution in [0.1, 0.15) is 36.7 Å². The summed E-state index contributed by atoms with van der Waals surface area (Å²) >= 11 is 1.79. The number of carbonyl (C=O) groups is 1. The SMILES string of the molecule is CC(C)(C)c1cccc(OI)c1C=O. The Morgan fingerprint density at radius 3 is 2.43 bits per heavy atom. The molecule has 1 aromatic rings. The number of halogens is 1. The molecule has 0 aromatic heterocycles. The van der Waals surface area contributed by atoms with Crippen molar-refractivity contribution in [3.8, 4) is 5.75 Å². The molecule has 0 aliphatic rings. The molecule has 0 unspecified atom stereocenters. The van der Waals surface area contributed by atoms with Crippen LogP contribution in [-0.4, -0.2) is 6.29 Å². The Labute approximate surface area is 98.3 Å². The van der Waals surface area contributed by atoms with Gasteiger partial charge in [0, 0.05) is 0 Å². The van der Waals surface area contributed by atoms with Crippen LogP contribution in [-0.2, 0) is 5.41 Å². The van der Waals surface area contributed by atoms with Crippen molar-refractivity contribution in [2.24, 2.45) is 0 Å². The van der Waals surface area contributed by atoms with Gasteiger partial charge < -0.3 is 3.07 Å². The molecule has 0 radical (unpaired) electrons. The van der Waals surface area contributed by atoms with Gasteiger partial charge >= 0.3 is 0 Å². The Balaban J connectivity index is 3.37. The summed E-state index contributed by atoms with van der Waals surface area (Å²) in [6.45, 7) is 6.23. The third-order valence-electron chi connectivity index (χ3n) is 2.08. The van der Waals surface area contributed by atoms with E-state index in [1.54, 1.807) is 29.1 Å². The second-order valence-corrected chi connectivity index (χ2v) is 4.60. The standard InChI is InChI=1S/C11H13IO2/c1-11(2,3)9-5-4-6-10(14-12)8(9)7-13/h4-7H,1-3H3. The minimum absolute atomic E-state index is 0.0403. The fraction of sp³-hybridized carbons (Fsp3) is 0.364. The van der Waals surface area contributed by atoms with E-state index in [9.17, 15) is 4.79 Å². The third-order valence-corrected chi connectivity index (χ3v) is 2.55. The average molecular weight is 304 g/mol. The number of rotatable bonds is 2. The van der Waals surface area contributed by atoms with Gasteiger partial charge in [-0.1, -0.05) is 32.9 Å². The lowest BCUT2D eigenvalue weighted by Crippen LogP contribution is -2.14. The van der Waals surface area contributed by atoms with Crippen LogP contribution in [0, 0.1) is 0 Å². The van der Waals surface area contributed by atoms with E-state index in [0.29, 0.717) is 11.3 Å². The van der Waals surface area contributed by atoms with Gasteiger partial charge in [0.25, 0.3) is 0 Å². The van der Waals surface area contributed by atoms with Crippen molar-refractivity contribution < 1.29 is 7.86 Å². The van der Waals surface area contributed by atoms with Crippen molar-refractivity contribution in [3.63, 3.8) is 0 Å². The number of aldehydes is 1. The molecule has 0 amide bonds. The summed E-state index contributed by atoms with van der Waals surface area (Å²) in [7, 11) is 0. The van der Waals surface area contributed by atoms with E-state index in [1.165, 1.54) is 0 Å². The zero-order valence-electron chi connectivity index (χ0n) is 8.50. The Morgan fingerprint density at radius 1 is 1.36 bits per heavy atom. The Bertz CT molecular complexity index is 340. The number of hydrogen-bond acceptors (Lipinski definition) is 2. The van der Waals surface area contributed by atoms with E-state index in [1.807, 2.05) is 12.1 Å². The lowest BCUT2D eigenvalue weighted by atomic mass is 9.84. The maximum absolute atomic E-state index is 11.0. The van der Waals surface area contributed by atoms with Crippen LogP contribution >= 0.6 is 23.0 Å². The minimum atomic E-state index is -0.0403. The largest absolute Gasteiger partial charge is 0.427 e. The van der Waals surface area contributed by atoms with Crippen molar-refractivity contribution in [1.29, 1.82) is 0 Å². The second-order valence-electron chi connectivity index (χ2n) is 4.16. The average Bonchev–Trinajstić information content (AvgIpc) is 2.15. The lowest BCUT2D eigenvalue weighted by molar-refractivity contribution is 0.112. The Kier molecular flexibility index (Phi) is 3.53. The van der Waals surface area contributed by atoms with Gasteiger partial charge in [-0.25, -0.2) is 0 Å². The van der Waals surface area contributed by atoms with Crippen LogP contribution in [0.15, 0.2) is 18.2 Å². The van der Waals surface area contributed by atoms with Gasteiger partial charge in [0.1, 0.15) is 5.75 Å². The summed E-state index contributed by atoms with van der Waals surface area (Å²) in [5, 5.41) is 0. The first kappa shape index (κ1) is 11.5. The van der Waals surface area contributed by atoms with Gasteiger partial charge in [-0.15, -0.1) is 0 Å². The quantitative estimate of drug-likeness (QED) is 0.617. The molecule has 14 heavy (non-hydrogen) atoms. The van der Waals surface area contributed by atoms with Gasteiger partial charge in [0.15, 0.2) is 29.3 Å². The zero-order chi connectivity index (χ0) is 10.8. The predicted molar refractivity (Wildman–Crippen MR) is 65.2 cm³/mol. The summed E-state index contributed by atoms with van der Waals surface area (Å²) in [5.74, 6) is 0.632. The van der Waals surface area contributed by atoms with Crippen LogP contribution in [0.25, 0.3) is 0 Å². The lowest BCUT2D eigenvalue weighted by Gasteiger charge is -2.21. The molecule has 0 N–H and O–H groups in total. The molecule has 0 spiro atoms. The second kappa shape index (κ2) is 4.29. The number of carbonyl (C=O) groups excluding carboxylic acids is 1. The summed E-state index contributed by atoms with van der Waals surface area (Å²) < 4.78 is 5.11. The van der Waals surface area contributed by atoms with Gasteiger partial charge in [-0.3, -0.25) is 4.79 Å². The molecule has 2 nitrogen and oxygen atoms in total. The molecule has 0 aliphatic carbocycles. The first-order chi connectivity index (χ1) is 6.50. The first-order valence-electron chi connectivity index (χ1n) is 4.38. The third kappa shape index (κ3) is 2.26. The maximum Gasteiger partial charge on any atom is 0.192 e. The molecule has 0 aliphatic heterocycles. The molecule has 1 rings (SSSR count). The summed E-state index contributed by atoms with van der Waals surface area (Å²) in [4.78, 5) is 11.0. The fourth-order valence-corrected chi connectivity index (χ4v) is 1.77. The van der Waals surface area contributed by atoms with Crippen molar-refractivity contribution in [2.45, 2.75) is 26.2 Å². The molecule has 0 atom stereocenters. The number of benzene rings is 1. The summed E-state index contributed by atoms with van der Waals surface area (Å²) in [5.41, 5.74) is 1.62. The molecular weight excluding hydrogens is 291 g/mol. The fourth-order valence-electron chi connectivity index (χ4n) is 1.39. The van der Waals surface area contributed by atoms with Crippen LogP contribution in [0.4, 0.5) is 0 Å². The zero-order valence-corrected chi connectivity index (χ0v) is 10.7. The van der Waals surface area contributed by atoms with Gasteiger partial charge in [-0.2, -0.15) is 0 Å². The van der Waals surface area contributed by atoms with Crippen molar-refractivity contribution >= 4 is 29.3 Å². The monoisotopic (exact) mass is 304 g/mol. The highest BCUT2D eigenvalue weighted by Gasteiger charge is 2.20. The molecule has 0 saturated carbocycles. The van der Waals surface area contributed by atoms with Crippen molar-refractivity contribution in [2.75, 3.05) is 0 Å². The van der Waals surface area contributed by atoms with Gasteiger partial charge in [0.2, 0.25) is 0 Å². The van der Waals surface area contributed by atoms with E-state index in [-0.39, 0.29) is 5.41 Å². The van der Waals surface area contributed by atoms with E-state index in [4.69, 9.17) is 3.07 Å². The smallest absolute Gasteiger partial charge is 0.192 e. The van der Waals surface area contributed by atoms with E-state index < -0.39 is 0 Å². The highest BCUT2D eigenvalue weighted by molar-refractivity contribution is 14.1. The summed E-state index contributed by atoms with van der Waals surface area (Å²) in [6, 6.07) is 5.66. The molecule has 0 fully saturated rings. The highest BCUT2D eigenvalue weighted by atomic mass is 127. The number of hydrogen-bond donors (Lipinski definition) is 0. The Morgan fingerprint density at radius 2 is 2.00 bits per heavy atom. The van der Waals surface area contributed by atoms with Crippen molar-refractivity contribution in [1.82, 2.24) is 0 Å². The van der Waals surface area contributed by atoms with Gasteiger partial charge in [-0.05, 0) is 17.0 Å². The van der Waals surface area contributed by atoms with E-state index in [0.717, 1.165) is 11.8 Å². The van der Waals surface area contributed by atoms with Crippen molar-refractivity contribution in [3.05, 3.63) is 29.3 Å². The predicted octanol–water partition coefficient (Wildman–Crippen LogP) is 3.53. The summed E-state index contributed by atoms with van der Waals surface area (Å²) in [6.07, 6.45) is 0.856. The van der Waals surface area contributed by atoms with Crippen LogP contribution in [0.5, 0.6) is 5.75 Å². The molecule has 0 bridgehead atoms. The molecule has 1 aromatic carbocycles. The molecule has 0 heterocycles. The maximum atomic E-state index is 11.0. The normalized spacial score (nSPS) is 11.1. The Hall–Kier alpha value is -0.580. The van der Waals surface area contributed by atoms with E-state index >= 15 is 0 Å². The highest BCUT2D eigenvalue weighted by Crippen LogP contribution is 2.31. The first-order valence-corrected chi connectivity index (χ1v) is 5.26.